The maximum Gasteiger partial charge on any atom is 0.410 e. The summed E-state index contributed by atoms with van der Waals surface area (Å²) in [6, 6.07) is 10.3. The lowest BCUT2D eigenvalue weighted by atomic mass is 9.74. The van der Waals surface area contributed by atoms with Crippen LogP contribution in [0.5, 0.6) is 0 Å². The Morgan fingerprint density at radius 1 is 1.08 bits per heavy atom. The van der Waals surface area contributed by atoms with Crippen LogP contribution >= 0.6 is 0 Å². The third-order valence-corrected chi connectivity index (χ3v) is 7.18. The smallest absolute Gasteiger partial charge is 0.410 e. The van der Waals surface area contributed by atoms with Crippen molar-refractivity contribution in [2.24, 2.45) is 11.7 Å². The van der Waals surface area contributed by atoms with Crippen LogP contribution in [0.2, 0.25) is 0 Å². The van der Waals surface area contributed by atoms with Crippen LogP contribution in [0, 0.1) is 5.92 Å². The van der Waals surface area contributed by atoms with E-state index in [4.69, 9.17) is 10.5 Å². The molecular formula is C27H34N4O5. The molecule has 2 aliphatic rings. The molecule has 3 amide bonds. The fourth-order valence-corrected chi connectivity index (χ4v) is 5.10. The molecule has 36 heavy (non-hydrogen) atoms. The van der Waals surface area contributed by atoms with Crippen molar-refractivity contribution >= 4 is 17.9 Å². The van der Waals surface area contributed by atoms with Gasteiger partial charge >= 0.3 is 6.09 Å². The fraction of sp³-hybridized carbons (Fsp3) is 0.481. The predicted molar refractivity (Wildman–Crippen MR) is 132 cm³/mol. The number of hydrogen-bond donors (Lipinski definition) is 3. The number of nitrogens with zero attached hydrogens (tertiary/aromatic N) is 2. The number of amides is 3. The van der Waals surface area contributed by atoms with Gasteiger partial charge in [0.25, 0.3) is 0 Å². The topological polar surface area (TPSA) is 135 Å². The number of nitrogens with two attached hydrogens (primary N) is 1. The number of hydrogen-bond acceptors (Lipinski definition) is 6. The molecule has 2 fully saturated rings. The average molecular weight is 495 g/mol. The van der Waals surface area contributed by atoms with Crippen molar-refractivity contribution in [3.05, 3.63) is 65.5 Å². The first kappa shape index (κ1) is 25.6. The van der Waals surface area contributed by atoms with Crippen molar-refractivity contribution in [2.45, 2.75) is 63.2 Å². The SMILES string of the molecule is NC(=O)C(NC(=O)C1CCCCC1c1ccc(COC(=O)N2CCC(O)CC2)cc1)c1cccnc1. The summed E-state index contributed by atoms with van der Waals surface area (Å²) in [5.74, 6) is -1.05. The molecule has 0 radical (unpaired) electrons. The molecule has 9 nitrogen and oxygen atoms in total. The van der Waals surface area contributed by atoms with Crippen molar-refractivity contribution in [2.75, 3.05) is 13.1 Å². The van der Waals surface area contributed by atoms with Crippen LogP contribution in [-0.2, 0) is 20.9 Å². The number of carbonyl (C=O) groups excluding carboxylic acids is 3. The Bertz CT molecular complexity index is 1040. The molecule has 2 heterocycles. The molecule has 4 N–H and O–H groups in total. The Labute approximate surface area is 211 Å². The van der Waals surface area contributed by atoms with E-state index in [0.717, 1.165) is 36.8 Å². The van der Waals surface area contributed by atoms with Gasteiger partial charge in [-0.25, -0.2) is 4.79 Å². The molecule has 3 unspecified atom stereocenters. The number of primary amides is 1. The number of benzene rings is 1. The number of carbonyl (C=O) groups is 3. The molecule has 0 bridgehead atoms. The summed E-state index contributed by atoms with van der Waals surface area (Å²) in [6.07, 6.45) is 7.16. The summed E-state index contributed by atoms with van der Waals surface area (Å²) < 4.78 is 5.45. The van der Waals surface area contributed by atoms with Gasteiger partial charge in [0.15, 0.2) is 0 Å². The molecule has 3 atom stereocenters. The third kappa shape index (κ3) is 6.40. The number of ether oxygens (including phenoxy) is 1. The zero-order valence-electron chi connectivity index (χ0n) is 20.3. The number of aliphatic hydroxyl groups is 1. The quantitative estimate of drug-likeness (QED) is 0.542. The van der Waals surface area contributed by atoms with Crippen LogP contribution in [0.25, 0.3) is 0 Å². The number of aliphatic hydroxyl groups excluding tert-OH is 1. The molecule has 1 saturated carbocycles. The van der Waals surface area contributed by atoms with Gasteiger partial charge in [-0.1, -0.05) is 43.2 Å². The van der Waals surface area contributed by atoms with E-state index in [1.165, 1.54) is 6.20 Å². The minimum atomic E-state index is -0.922. The summed E-state index contributed by atoms with van der Waals surface area (Å²) in [4.78, 5) is 43.3. The van der Waals surface area contributed by atoms with Crippen LogP contribution < -0.4 is 11.1 Å². The van der Waals surface area contributed by atoms with Crippen LogP contribution in [0.1, 0.15) is 67.2 Å². The minimum Gasteiger partial charge on any atom is -0.445 e. The summed E-state index contributed by atoms with van der Waals surface area (Å²) in [5.41, 5.74) is 8.06. The first-order chi connectivity index (χ1) is 17.4. The summed E-state index contributed by atoms with van der Waals surface area (Å²) >= 11 is 0. The van der Waals surface area contributed by atoms with Gasteiger partial charge in [0.05, 0.1) is 6.10 Å². The number of likely N-dealkylation sites (tertiary alicyclic amines) is 1. The Hall–Kier alpha value is -3.46. The van der Waals surface area contributed by atoms with Gasteiger partial charge in [0, 0.05) is 37.0 Å². The van der Waals surface area contributed by atoms with Gasteiger partial charge in [-0.3, -0.25) is 14.6 Å². The lowest BCUT2D eigenvalue weighted by molar-refractivity contribution is -0.131. The Kier molecular flexibility index (Phi) is 8.53. The number of pyridine rings is 1. The highest BCUT2D eigenvalue weighted by atomic mass is 16.6. The number of aromatic nitrogens is 1. The number of piperidine rings is 1. The van der Waals surface area contributed by atoms with Gasteiger partial charge in [0.2, 0.25) is 11.8 Å². The first-order valence-electron chi connectivity index (χ1n) is 12.6. The second kappa shape index (κ2) is 12.0. The van der Waals surface area contributed by atoms with Crippen molar-refractivity contribution in [3.8, 4) is 0 Å². The van der Waals surface area contributed by atoms with Gasteiger partial charge in [0.1, 0.15) is 12.6 Å². The van der Waals surface area contributed by atoms with Gasteiger partial charge in [-0.2, -0.15) is 0 Å². The average Bonchev–Trinajstić information content (AvgIpc) is 2.91. The normalized spacial score (nSPS) is 21.4. The fourth-order valence-electron chi connectivity index (χ4n) is 5.10. The van der Waals surface area contributed by atoms with E-state index in [2.05, 4.69) is 10.3 Å². The van der Waals surface area contributed by atoms with Crippen molar-refractivity contribution in [1.29, 1.82) is 0 Å². The van der Waals surface area contributed by atoms with Crippen molar-refractivity contribution in [3.63, 3.8) is 0 Å². The van der Waals surface area contributed by atoms with Crippen LogP contribution in [-0.4, -0.2) is 52.1 Å². The maximum absolute atomic E-state index is 13.3. The van der Waals surface area contributed by atoms with Gasteiger partial charge < -0.3 is 25.8 Å². The lowest BCUT2D eigenvalue weighted by Gasteiger charge is -2.32. The van der Waals surface area contributed by atoms with Crippen LogP contribution in [0.3, 0.4) is 0 Å². The van der Waals surface area contributed by atoms with Gasteiger partial charge in [-0.15, -0.1) is 0 Å². The summed E-state index contributed by atoms with van der Waals surface area (Å²) in [5, 5.41) is 12.4. The van der Waals surface area contributed by atoms with E-state index >= 15 is 0 Å². The van der Waals surface area contributed by atoms with E-state index in [-0.39, 0.29) is 36.5 Å². The van der Waals surface area contributed by atoms with Crippen LogP contribution in [0.15, 0.2) is 48.8 Å². The standard InChI is InChI=1S/C27H34N4O5/c28-25(33)24(20-4-3-13-29-16-20)30-26(34)23-6-2-1-5-22(23)19-9-7-18(8-10-19)17-36-27(35)31-14-11-21(32)12-15-31/h3-4,7-10,13,16,21-24,32H,1-2,5-6,11-12,14-15,17H2,(H2,28,33)(H,30,34). The molecule has 1 aromatic carbocycles. The van der Waals surface area contributed by atoms with Crippen molar-refractivity contribution in [1.82, 2.24) is 15.2 Å². The lowest BCUT2D eigenvalue weighted by Crippen LogP contribution is -2.42. The molecule has 2 aromatic rings. The minimum absolute atomic E-state index is 0.0255. The Morgan fingerprint density at radius 3 is 2.47 bits per heavy atom. The molecule has 1 aliphatic carbocycles. The second-order valence-corrected chi connectivity index (χ2v) is 9.64. The van der Waals surface area contributed by atoms with E-state index in [0.29, 0.717) is 31.5 Å². The highest BCUT2D eigenvalue weighted by Crippen LogP contribution is 2.38. The summed E-state index contributed by atoms with van der Waals surface area (Å²) in [6.45, 7) is 1.17. The molecule has 9 heteroatoms. The monoisotopic (exact) mass is 494 g/mol. The molecular weight excluding hydrogens is 460 g/mol. The zero-order chi connectivity index (χ0) is 25.5. The Balaban J connectivity index is 1.37. The van der Waals surface area contributed by atoms with Crippen LogP contribution in [0.4, 0.5) is 4.79 Å². The summed E-state index contributed by atoms with van der Waals surface area (Å²) in [7, 11) is 0. The second-order valence-electron chi connectivity index (χ2n) is 9.64. The van der Waals surface area contributed by atoms with E-state index in [1.54, 1.807) is 23.2 Å². The van der Waals surface area contributed by atoms with E-state index in [1.807, 2.05) is 24.3 Å². The number of nitrogens with one attached hydrogen (secondary N) is 1. The highest BCUT2D eigenvalue weighted by molar-refractivity contribution is 5.88. The molecule has 1 aromatic heterocycles. The maximum atomic E-state index is 13.3. The molecule has 1 aliphatic heterocycles. The van der Waals surface area contributed by atoms with Gasteiger partial charge in [-0.05, 0) is 48.8 Å². The molecule has 4 rings (SSSR count). The predicted octanol–water partition coefficient (Wildman–Crippen LogP) is 2.79. The first-order valence-corrected chi connectivity index (χ1v) is 12.6. The van der Waals surface area contributed by atoms with Crippen molar-refractivity contribution < 1.29 is 24.2 Å². The highest BCUT2D eigenvalue weighted by Gasteiger charge is 2.34. The largest absolute Gasteiger partial charge is 0.445 e. The third-order valence-electron chi connectivity index (χ3n) is 7.18. The van der Waals surface area contributed by atoms with E-state index in [9.17, 15) is 19.5 Å². The number of rotatable bonds is 7. The van der Waals surface area contributed by atoms with E-state index < -0.39 is 11.9 Å². The molecule has 0 spiro atoms. The zero-order valence-corrected chi connectivity index (χ0v) is 20.3. The molecule has 192 valence electrons. The Morgan fingerprint density at radius 2 is 1.81 bits per heavy atom. The molecule has 1 saturated heterocycles.